The minimum Gasteiger partial charge on any atom is -0.480 e. The molecule has 0 unspecified atom stereocenters. The molecule has 0 atom stereocenters. The zero-order chi connectivity index (χ0) is 16.8. The van der Waals surface area contributed by atoms with Crippen LogP contribution in [0.4, 0.5) is 14.7 Å². The van der Waals surface area contributed by atoms with Crippen LogP contribution < -0.4 is 15.0 Å². The van der Waals surface area contributed by atoms with Gasteiger partial charge in [-0.2, -0.15) is 4.98 Å². The SMILES string of the molecule is COc1nc(N2CCC(CC(=O)NCC(F)F)CC2)ncc1Br. The predicted octanol–water partition coefficient (Wildman–Crippen LogP) is 2.24. The summed E-state index contributed by atoms with van der Waals surface area (Å²) >= 11 is 3.31. The van der Waals surface area contributed by atoms with Gasteiger partial charge >= 0.3 is 0 Å². The Kier molecular flexibility index (Phi) is 6.49. The molecular weight excluding hydrogens is 374 g/mol. The molecule has 1 N–H and O–H groups in total. The molecule has 1 aromatic rings. The average Bonchev–Trinajstić information content (AvgIpc) is 2.54. The molecule has 0 bridgehead atoms. The van der Waals surface area contributed by atoms with E-state index in [0.29, 0.717) is 16.3 Å². The first-order valence-corrected chi connectivity index (χ1v) is 8.15. The summed E-state index contributed by atoms with van der Waals surface area (Å²) in [5, 5.41) is 2.24. The highest BCUT2D eigenvalue weighted by molar-refractivity contribution is 9.10. The van der Waals surface area contributed by atoms with Crippen molar-refractivity contribution in [2.24, 2.45) is 5.92 Å². The first-order valence-electron chi connectivity index (χ1n) is 7.36. The summed E-state index contributed by atoms with van der Waals surface area (Å²) in [7, 11) is 1.54. The number of rotatable bonds is 6. The number of nitrogens with zero attached hydrogens (tertiary/aromatic N) is 3. The van der Waals surface area contributed by atoms with E-state index in [9.17, 15) is 13.6 Å². The maximum absolute atomic E-state index is 12.1. The predicted molar refractivity (Wildman–Crippen MR) is 84.9 cm³/mol. The number of piperidine rings is 1. The molecule has 1 fully saturated rings. The molecule has 23 heavy (non-hydrogen) atoms. The van der Waals surface area contributed by atoms with Crippen LogP contribution in [0.25, 0.3) is 0 Å². The van der Waals surface area contributed by atoms with Crippen molar-refractivity contribution in [2.75, 3.05) is 31.6 Å². The van der Waals surface area contributed by atoms with Crippen LogP contribution in [0.2, 0.25) is 0 Å². The maximum Gasteiger partial charge on any atom is 0.255 e. The van der Waals surface area contributed by atoms with Crippen LogP contribution in [-0.4, -0.2) is 49.0 Å². The molecule has 1 aliphatic rings. The Bertz CT molecular complexity index is 540. The van der Waals surface area contributed by atoms with E-state index in [-0.39, 0.29) is 18.2 Å². The van der Waals surface area contributed by atoms with Crippen LogP contribution in [0.15, 0.2) is 10.7 Å². The molecule has 0 spiro atoms. The molecule has 6 nitrogen and oxygen atoms in total. The highest BCUT2D eigenvalue weighted by Gasteiger charge is 2.23. The standard InChI is InChI=1S/C14H19BrF2N4O2/c1-23-13-10(15)7-19-14(20-13)21-4-2-9(3-5-21)6-12(22)18-8-11(16)17/h7,9,11H,2-6,8H2,1H3,(H,18,22). The van der Waals surface area contributed by atoms with Gasteiger partial charge in [-0.15, -0.1) is 0 Å². The van der Waals surface area contributed by atoms with Crippen molar-refractivity contribution in [2.45, 2.75) is 25.7 Å². The average molecular weight is 393 g/mol. The first kappa shape index (κ1) is 17.8. The Morgan fingerprint density at radius 3 is 2.83 bits per heavy atom. The van der Waals surface area contributed by atoms with E-state index in [0.717, 1.165) is 25.9 Å². The van der Waals surface area contributed by atoms with Crippen LogP contribution in [0.3, 0.4) is 0 Å². The van der Waals surface area contributed by atoms with Gasteiger partial charge < -0.3 is 15.0 Å². The zero-order valence-corrected chi connectivity index (χ0v) is 14.4. The summed E-state index contributed by atoms with van der Waals surface area (Å²) < 4.78 is 30.0. The van der Waals surface area contributed by atoms with E-state index in [1.807, 2.05) is 4.90 Å². The molecule has 1 aliphatic heterocycles. The molecule has 2 heterocycles. The van der Waals surface area contributed by atoms with Crippen LogP contribution in [-0.2, 0) is 4.79 Å². The highest BCUT2D eigenvalue weighted by Crippen LogP contribution is 2.27. The number of hydrogen-bond donors (Lipinski definition) is 1. The fourth-order valence-corrected chi connectivity index (χ4v) is 2.85. The number of halogens is 3. The van der Waals surface area contributed by atoms with Gasteiger partial charge in [0.15, 0.2) is 0 Å². The second-order valence-corrected chi connectivity index (χ2v) is 6.21. The second-order valence-electron chi connectivity index (χ2n) is 5.36. The summed E-state index contributed by atoms with van der Waals surface area (Å²) in [6, 6.07) is 0. The topological polar surface area (TPSA) is 67.3 Å². The van der Waals surface area contributed by atoms with Crippen molar-refractivity contribution in [1.29, 1.82) is 0 Å². The van der Waals surface area contributed by atoms with Crippen molar-refractivity contribution in [3.8, 4) is 5.88 Å². The Hall–Kier alpha value is -1.51. The van der Waals surface area contributed by atoms with Crippen molar-refractivity contribution < 1.29 is 18.3 Å². The van der Waals surface area contributed by atoms with Crippen LogP contribution in [0, 0.1) is 5.92 Å². The monoisotopic (exact) mass is 392 g/mol. The minimum atomic E-state index is -2.51. The van der Waals surface area contributed by atoms with Gasteiger partial charge in [0.1, 0.15) is 0 Å². The molecule has 2 rings (SSSR count). The quantitative estimate of drug-likeness (QED) is 0.803. The summed E-state index contributed by atoms with van der Waals surface area (Å²) in [6.45, 7) is 0.860. The number of aromatic nitrogens is 2. The smallest absolute Gasteiger partial charge is 0.255 e. The number of carbonyl (C=O) groups excluding carboxylic acids is 1. The maximum atomic E-state index is 12.1. The van der Waals surface area contributed by atoms with Gasteiger partial charge in [-0.3, -0.25) is 4.79 Å². The van der Waals surface area contributed by atoms with Crippen molar-refractivity contribution in [3.63, 3.8) is 0 Å². The number of ether oxygens (including phenoxy) is 1. The lowest BCUT2D eigenvalue weighted by Gasteiger charge is -2.31. The van der Waals surface area contributed by atoms with E-state index < -0.39 is 13.0 Å². The normalized spacial score (nSPS) is 15.8. The summed E-state index contributed by atoms with van der Waals surface area (Å²) in [5.74, 6) is 0.945. The fraction of sp³-hybridized carbons (Fsp3) is 0.643. The third kappa shape index (κ3) is 5.26. The lowest BCUT2D eigenvalue weighted by Crippen LogP contribution is -2.37. The minimum absolute atomic E-state index is 0.196. The van der Waals surface area contributed by atoms with Crippen molar-refractivity contribution >= 4 is 27.8 Å². The zero-order valence-electron chi connectivity index (χ0n) is 12.8. The van der Waals surface area contributed by atoms with Gasteiger partial charge in [0.05, 0.1) is 24.3 Å². The van der Waals surface area contributed by atoms with E-state index >= 15 is 0 Å². The van der Waals surface area contributed by atoms with E-state index in [1.54, 1.807) is 13.3 Å². The molecule has 1 amide bonds. The lowest BCUT2D eigenvalue weighted by molar-refractivity contribution is -0.122. The molecule has 9 heteroatoms. The Labute approximate surface area is 141 Å². The van der Waals surface area contributed by atoms with Gasteiger partial charge in [-0.05, 0) is 34.7 Å². The Morgan fingerprint density at radius 1 is 1.52 bits per heavy atom. The van der Waals surface area contributed by atoms with Gasteiger partial charge in [0.2, 0.25) is 17.7 Å². The summed E-state index contributed by atoms with van der Waals surface area (Å²) in [6.07, 6.45) is 1.01. The van der Waals surface area contributed by atoms with E-state index in [2.05, 4.69) is 31.2 Å². The lowest BCUT2D eigenvalue weighted by atomic mass is 9.93. The molecule has 1 aromatic heterocycles. The molecule has 1 saturated heterocycles. The fourth-order valence-electron chi connectivity index (χ4n) is 2.50. The Balaban J connectivity index is 1.83. The van der Waals surface area contributed by atoms with E-state index in [4.69, 9.17) is 4.74 Å². The molecule has 0 aromatic carbocycles. The van der Waals surface area contributed by atoms with E-state index in [1.165, 1.54) is 0 Å². The Morgan fingerprint density at radius 2 is 2.22 bits per heavy atom. The number of methoxy groups -OCH3 is 1. The molecule has 0 radical (unpaired) electrons. The van der Waals surface area contributed by atoms with Gasteiger partial charge in [-0.25, -0.2) is 13.8 Å². The highest BCUT2D eigenvalue weighted by atomic mass is 79.9. The van der Waals surface area contributed by atoms with Gasteiger partial charge in [-0.1, -0.05) is 0 Å². The molecule has 0 saturated carbocycles. The van der Waals surface area contributed by atoms with Gasteiger partial charge in [0, 0.05) is 19.5 Å². The third-order valence-electron chi connectivity index (χ3n) is 3.72. The van der Waals surface area contributed by atoms with Crippen molar-refractivity contribution in [1.82, 2.24) is 15.3 Å². The number of anilines is 1. The van der Waals surface area contributed by atoms with Gasteiger partial charge in [0.25, 0.3) is 6.43 Å². The number of nitrogens with one attached hydrogen (secondary N) is 1. The molecule has 0 aliphatic carbocycles. The van der Waals surface area contributed by atoms with Crippen LogP contribution >= 0.6 is 15.9 Å². The third-order valence-corrected chi connectivity index (χ3v) is 4.26. The second kappa shape index (κ2) is 8.37. The number of carbonyl (C=O) groups is 1. The van der Waals surface area contributed by atoms with Crippen LogP contribution in [0.5, 0.6) is 5.88 Å². The summed E-state index contributed by atoms with van der Waals surface area (Å²) in [5.41, 5.74) is 0. The van der Waals surface area contributed by atoms with Crippen LogP contribution in [0.1, 0.15) is 19.3 Å². The summed E-state index contributed by atoms with van der Waals surface area (Å²) in [4.78, 5) is 22.2. The largest absolute Gasteiger partial charge is 0.480 e. The number of amides is 1. The first-order chi connectivity index (χ1) is 11.0. The van der Waals surface area contributed by atoms with Crippen molar-refractivity contribution in [3.05, 3.63) is 10.7 Å². The molecular formula is C14H19BrF2N4O2. The number of alkyl halides is 2. The number of hydrogen-bond acceptors (Lipinski definition) is 5. The molecule has 128 valence electrons.